The maximum atomic E-state index is 9.69. The average molecular weight is 691 g/mol. The number of benzene rings is 6. The second kappa shape index (κ2) is 19.3. The van der Waals surface area contributed by atoms with Gasteiger partial charge in [0.2, 0.25) is 0 Å². The smallest absolute Gasteiger partial charge is 0.115 e. The highest BCUT2D eigenvalue weighted by atomic mass is 16.3. The molecule has 0 amide bonds. The fourth-order valence-electron chi connectivity index (χ4n) is 7.73. The van der Waals surface area contributed by atoms with Crippen LogP contribution >= 0.6 is 0 Å². The molecule has 6 aromatic rings. The molecule has 0 fully saturated rings. The minimum atomic E-state index is 0. The second-order valence-corrected chi connectivity index (χ2v) is 13.0. The third-order valence-electron chi connectivity index (χ3n) is 9.97. The van der Waals surface area contributed by atoms with Gasteiger partial charge in [0, 0.05) is 5.92 Å². The summed E-state index contributed by atoms with van der Waals surface area (Å²) in [5, 5.41) is 19.4. The zero-order chi connectivity index (χ0) is 32.7. The van der Waals surface area contributed by atoms with E-state index >= 15 is 0 Å². The fraction of sp³-hybridized carbons (Fsp3) is 0.240. The molecular weight excluding hydrogens is 633 g/mol. The van der Waals surface area contributed by atoms with Gasteiger partial charge in [0.15, 0.2) is 0 Å². The number of phenols is 2. The molecule has 0 saturated carbocycles. The molecule has 2 unspecified atom stereocenters. The van der Waals surface area contributed by atoms with E-state index in [0.29, 0.717) is 23.3 Å². The molecular formula is C50H58O2. The van der Waals surface area contributed by atoms with Crippen molar-refractivity contribution in [3.05, 3.63) is 202 Å². The van der Waals surface area contributed by atoms with Crippen LogP contribution in [0.25, 0.3) is 11.1 Å². The predicted molar refractivity (Wildman–Crippen MR) is 225 cm³/mol. The number of aromatic hydroxyl groups is 2. The van der Waals surface area contributed by atoms with Gasteiger partial charge < -0.3 is 10.2 Å². The first-order chi connectivity index (χ1) is 23.7. The molecule has 0 saturated heterocycles. The quantitative estimate of drug-likeness (QED) is 0.181. The van der Waals surface area contributed by atoms with Crippen molar-refractivity contribution in [2.75, 3.05) is 0 Å². The summed E-state index contributed by atoms with van der Waals surface area (Å²) in [5.74, 6) is 1.45. The third kappa shape index (κ3) is 9.11. The average Bonchev–Trinajstić information content (AvgIpc) is 3.46. The van der Waals surface area contributed by atoms with Crippen LogP contribution in [0.1, 0.15) is 112 Å². The van der Waals surface area contributed by atoms with E-state index in [1.165, 1.54) is 68.5 Å². The van der Waals surface area contributed by atoms with Crippen LogP contribution in [0, 0.1) is 0 Å². The molecule has 52 heavy (non-hydrogen) atoms. The standard InChI is InChI=1S/C23H22O.C23H20O.4CH4/c2*24-20-15-13-19(14-16-20)23-21-11-5-4-9-18(21)10-6-12-22(23)17-7-2-1-3-8-17;;;;/h1-5,7-9,11,13-16,22-24H,6,10,12H2;1-5,7-9,11,13-16,24H,6,10,12H2;4*1H4. The van der Waals surface area contributed by atoms with E-state index in [4.69, 9.17) is 0 Å². The first-order valence-corrected chi connectivity index (χ1v) is 17.2. The van der Waals surface area contributed by atoms with Crippen LogP contribution in [0.4, 0.5) is 0 Å². The number of allylic oxidation sites excluding steroid dienone is 1. The number of aryl methyl sites for hydroxylation is 2. The van der Waals surface area contributed by atoms with Crippen LogP contribution in [0.5, 0.6) is 11.5 Å². The van der Waals surface area contributed by atoms with Crippen molar-refractivity contribution in [1.82, 2.24) is 0 Å². The Hall–Kier alpha value is -5.34. The number of phenolic OH excluding ortho intramolecular Hbond substituents is 2. The Bertz CT molecular complexity index is 1970. The van der Waals surface area contributed by atoms with Gasteiger partial charge in [0.25, 0.3) is 0 Å². The zero-order valence-electron chi connectivity index (χ0n) is 27.3. The number of rotatable bonds is 4. The van der Waals surface area contributed by atoms with Crippen LogP contribution in [0.2, 0.25) is 0 Å². The molecule has 0 heterocycles. The van der Waals surface area contributed by atoms with E-state index in [2.05, 4.69) is 121 Å². The lowest BCUT2D eigenvalue weighted by atomic mass is 9.76. The zero-order valence-corrected chi connectivity index (χ0v) is 27.3. The number of fused-ring (bicyclic) bond motifs is 2. The first kappa shape index (κ1) is 41.1. The second-order valence-electron chi connectivity index (χ2n) is 13.0. The largest absolute Gasteiger partial charge is 0.508 e. The molecule has 6 aromatic carbocycles. The van der Waals surface area contributed by atoms with Crippen molar-refractivity contribution in [3.8, 4) is 11.5 Å². The lowest BCUT2D eigenvalue weighted by molar-refractivity contribution is 0.474. The minimum Gasteiger partial charge on any atom is -0.508 e. The van der Waals surface area contributed by atoms with Gasteiger partial charge in [-0.3, -0.25) is 0 Å². The van der Waals surface area contributed by atoms with E-state index < -0.39 is 0 Å². The van der Waals surface area contributed by atoms with Crippen molar-refractivity contribution in [1.29, 1.82) is 0 Å². The lowest BCUT2D eigenvalue weighted by Crippen LogP contribution is -2.12. The van der Waals surface area contributed by atoms with E-state index in [0.717, 1.165) is 25.7 Å². The highest BCUT2D eigenvalue weighted by Crippen LogP contribution is 2.45. The number of hydrogen-bond donors (Lipinski definition) is 2. The molecule has 2 N–H and O–H groups in total. The van der Waals surface area contributed by atoms with Crippen molar-refractivity contribution < 1.29 is 10.2 Å². The van der Waals surface area contributed by atoms with E-state index in [1.54, 1.807) is 12.1 Å². The van der Waals surface area contributed by atoms with Gasteiger partial charge in [-0.25, -0.2) is 0 Å². The molecule has 0 spiro atoms. The van der Waals surface area contributed by atoms with Crippen LogP contribution in [0.15, 0.2) is 158 Å². The lowest BCUT2D eigenvalue weighted by Gasteiger charge is -2.28. The highest BCUT2D eigenvalue weighted by Gasteiger charge is 2.30. The van der Waals surface area contributed by atoms with Gasteiger partial charge in [-0.15, -0.1) is 0 Å². The van der Waals surface area contributed by atoms with Crippen molar-refractivity contribution in [3.63, 3.8) is 0 Å². The van der Waals surface area contributed by atoms with E-state index in [-0.39, 0.29) is 29.7 Å². The Balaban J connectivity index is 0.000000260. The van der Waals surface area contributed by atoms with Crippen LogP contribution in [0.3, 0.4) is 0 Å². The Morgan fingerprint density at radius 1 is 0.423 bits per heavy atom. The molecule has 0 bridgehead atoms. The monoisotopic (exact) mass is 690 g/mol. The highest BCUT2D eigenvalue weighted by molar-refractivity contribution is 5.99. The van der Waals surface area contributed by atoms with Crippen molar-refractivity contribution >= 4 is 11.1 Å². The van der Waals surface area contributed by atoms with Crippen LogP contribution in [-0.2, 0) is 12.8 Å². The summed E-state index contributed by atoms with van der Waals surface area (Å²) in [6, 6.07) is 54.5. The van der Waals surface area contributed by atoms with Gasteiger partial charge >= 0.3 is 0 Å². The van der Waals surface area contributed by atoms with E-state index in [9.17, 15) is 10.2 Å². The first-order valence-electron chi connectivity index (χ1n) is 17.2. The van der Waals surface area contributed by atoms with E-state index in [1.807, 2.05) is 24.3 Å². The van der Waals surface area contributed by atoms with Crippen molar-refractivity contribution in [2.45, 2.75) is 80.1 Å². The maximum Gasteiger partial charge on any atom is 0.115 e. The maximum absolute atomic E-state index is 9.69. The Labute approximate surface area is 314 Å². The predicted octanol–water partition coefficient (Wildman–Crippen LogP) is 13.9. The molecule has 2 aliphatic carbocycles. The van der Waals surface area contributed by atoms with Gasteiger partial charge in [-0.2, -0.15) is 0 Å². The van der Waals surface area contributed by atoms with Crippen LogP contribution < -0.4 is 0 Å². The summed E-state index contributed by atoms with van der Waals surface area (Å²) in [6.07, 6.45) is 6.87. The molecule has 0 radical (unpaired) electrons. The normalized spacial score (nSPS) is 15.8. The topological polar surface area (TPSA) is 40.5 Å². The molecule has 0 aromatic heterocycles. The molecule has 8 rings (SSSR count). The van der Waals surface area contributed by atoms with Crippen LogP contribution in [-0.4, -0.2) is 10.2 Å². The fourth-order valence-corrected chi connectivity index (χ4v) is 7.73. The molecule has 2 aliphatic rings. The Kier molecular flexibility index (Phi) is 15.3. The summed E-state index contributed by atoms with van der Waals surface area (Å²) >= 11 is 0. The Morgan fingerprint density at radius 3 is 1.63 bits per heavy atom. The SMILES string of the molecule is C.C.C.C.Oc1ccc(C2=C(c3ccccc3)CCCc3ccccc32)cc1.Oc1ccc(C2c3ccccc3CCCC2c2ccccc2)cc1. The number of hydrogen-bond acceptors (Lipinski definition) is 2. The Morgan fingerprint density at radius 2 is 0.962 bits per heavy atom. The van der Waals surface area contributed by atoms with Crippen molar-refractivity contribution in [2.24, 2.45) is 0 Å². The van der Waals surface area contributed by atoms with Gasteiger partial charge in [0.05, 0.1) is 0 Å². The summed E-state index contributed by atoms with van der Waals surface area (Å²) in [6.45, 7) is 0. The summed E-state index contributed by atoms with van der Waals surface area (Å²) in [4.78, 5) is 0. The van der Waals surface area contributed by atoms with Gasteiger partial charge in [-0.1, -0.05) is 163 Å². The molecule has 2 heteroatoms. The molecule has 270 valence electrons. The third-order valence-corrected chi connectivity index (χ3v) is 9.97. The van der Waals surface area contributed by atoms with Gasteiger partial charge in [-0.05, 0) is 124 Å². The molecule has 0 aliphatic heterocycles. The van der Waals surface area contributed by atoms with Gasteiger partial charge in [0.1, 0.15) is 11.5 Å². The minimum absolute atomic E-state index is 0. The summed E-state index contributed by atoms with van der Waals surface area (Å²) in [5.41, 5.74) is 13.5. The molecule has 2 nitrogen and oxygen atoms in total. The summed E-state index contributed by atoms with van der Waals surface area (Å²) < 4.78 is 0. The summed E-state index contributed by atoms with van der Waals surface area (Å²) in [7, 11) is 0. The molecule has 2 atom stereocenters.